The van der Waals surface area contributed by atoms with Crippen LogP contribution in [0.1, 0.15) is 39.2 Å². The second-order valence-electron chi connectivity index (χ2n) is 7.19. The maximum atomic E-state index is 12.7. The van der Waals surface area contributed by atoms with Crippen LogP contribution in [0.3, 0.4) is 0 Å². The molecule has 1 aromatic carbocycles. The molecular formula is C19H26N6O4S. The number of sulfonamides is 1. The summed E-state index contributed by atoms with van der Waals surface area (Å²) in [4.78, 5) is 28.8. The number of amides is 2. The molecular weight excluding hydrogens is 408 g/mol. The minimum absolute atomic E-state index is 0.0399. The van der Waals surface area contributed by atoms with E-state index in [4.69, 9.17) is 0 Å². The van der Waals surface area contributed by atoms with Crippen LogP contribution in [0.15, 0.2) is 36.9 Å². The minimum Gasteiger partial charge on any atom is -0.325 e. The molecule has 1 aromatic heterocycles. The van der Waals surface area contributed by atoms with Crippen molar-refractivity contribution in [2.24, 2.45) is 0 Å². The van der Waals surface area contributed by atoms with Gasteiger partial charge in [0.15, 0.2) is 0 Å². The Balaban J connectivity index is 1.60. The number of aromatic nitrogens is 3. The minimum atomic E-state index is -3.43. The highest BCUT2D eigenvalue weighted by Crippen LogP contribution is 2.24. The third-order valence-electron chi connectivity index (χ3n) is 4.96. The van der Waals surface area contributed by atoms with Gasteiger partial charge in [0, 0.05) is 17.9 Å². The van der Waals surface area contributed by atoms with E-state index >= 15 is 0 Å². The summed E-state index contributed by atoms with van der Waals surface area (Å²) in [6.07, 6.45) is 4.51. The van der Waals surface area contributed by atoms with Gasteiger partial charge >= 0.3 is 0 Å². The Hall–Kier alpha value is -2.79. The highest BCUT2D eigenvalue weighted by molar-refractivity contribution is 7.89. The first-order valence-corrected chi connectivity index (χ1v) is 11.5. The van der Waals surface area contributed by atoms with Crippen LogP contribution in [-0.2, 0) is 19.6 Å². The van der Waals surface area contributed by atoms with Gasteiger partial charge in [0.1, 0.15) is 24.7 Å². The second-order valence-corrected chi connectivity index (χ2v) is 9.23. The molecule has 1 saturated heterocycles. The van der Waals surface area contributed by atoms with Crippen molar-refractivity contribution in [2.45, 2.75) is 45.2 Å². The summed E-state index contributed by atoms with van der Waals surface area (Å²) in [6.45, 7) is 3.88. The Morgan fingerprint density at radius 2 is 1.87 bits per heavy atom. The standard InChI is InChI=1S/C19H26N6O4S/c1-3-11-30(28,29)25-10-4-5-17(25)19(27)23-16-8-6-15(7-9-16)22-18(26)14(2)24-13-20-12-21-24/h6-9,12-14,17H,3-5,10-11H2,1-2H3,(H,22,26)(H,23,27). The molecule has 2 N–H and O–H groups in total. The molecule has 2 atom stereocenters. The third-order valence-corrected chi connectivity index (χ3v) is 7.03. The smallest absolute Gasteiger partial charge is 0.249 e. The molecule has 3 rings (SSSR count). The van der Waals surface area contributed by atoms with Gasteiger partial charge in [-0.1, -0.05) is 6.92 Å². The van der Waals surface area contributed by atoms with Crippen LogP contribution in [0, 0.1) is 0 Å². The van der Waals surface area contributed by atoms with Crippen molar-refractivity contribution < 1.29 is 18.0 Å². The number of hydrogen-bond donors (Lipinski definition) is 2. The number of hydrogen-bond acceptors (Lipinski definition) is 6. The van der Waals surface area contributed by atoms with Gasteiger partial charge in [-0.3, -0.25) is 9.59 Å². The monoisotopic (exact) mass is 434 g/mol. The average Bonchev–Trinajstić information content (AvgIpc) is 3.41. The van der Waals surface area contributed by atoms with Gasteiger partial charge in [0.25, 0.3) is 0 Å². The predicted octanol–water partition coefficient (Wildman–Crippen LogP) is 1.62. The van der Waals surface area contributed by atoms with Gasteiger partial charge in [-0.2, -0.15) is 9.40 Å². The topological polar surface area (TPSA) is 126 Å². The molecule has 1 aliphatic heterocycles. The van der Waals surface area contributed by atoms with E-state index in [1.165, 1.54) is 21.6 Å². The molecule has 2 amide bonds. The quantitative estimate of drug-likeness (QED) is 0.650. The van der Waals surface area contributed by atoms with E-state index in [9.17, 15) is 18.0 Å². The predicted molar refractivity (Wildman–Crippen MR) is 112 cm³/mol. The molecule has 0 radical (unpaired) electrons. The molecule has 0 aliphatic carbocycles. The summed E-state index contributed by atoms with van der Waals surface area (Å²) in [5.41, 5.74) is 1.10. The Bertz CT molecular complexity index is 975. The second kappa shape index (κ2) is 9.35. The van der Waals surface area contributed by atoms with Gasteiger partial charge in [0.05, 0.1) is 5.75 Å². The van der Waals surface area contributed by atoms with Crippen LogP contribution in [0.5, 0.6) is 0 Å². The van der Waals surface area contributed by atoms with Crippen molar-refractivity contribution >= 4 is 33.2 Å². The normalized spacial score (nSPS) is 18.1. The van der Waals surface area contributed by atoms with Crippen molar-refractivity contribution in [3.05, 3.63) is 36.9 Å². The Morgan fingerprint density at radius 3 is 2.47 bits per heavy atom. The van der Waals surface area contributed by atoms with Crippen LogP contribution in [0.4, 0.5) is 11.4 Å². The van der Waals surface area contributed by atoms with Crippen molar-refractivity contribution in [2.75, 3.05) is 22.9 Å². The Morgan fingerprint density at radius 1 is 1.20 bits per heavy atom. The fourth-order valence-corrected chi connectivity index (χ4v) is 5.10. The number of nitrogens with zero attached hydrogens (tertiary/aromatic N) is 4. The molecule has 1 fully saturated rings. The average molecular weight is 435 g/mol. The molecule has 0 bridgehead atoms. The van der Waals surface area contributed by atoms with Crippen LogP contribution < -0.4 is 10.6 Å². The van der Waals surface area contributed by atoms with Gasteiger partial charge in [-0.25, -0.2) is 18.1 Å². The van der Waals surface area contributed by atoms with E-state index in [0.717, 1.165) is 0 Å². The van der Waals surface area contributed by atoms with E-state index in [2.05, 4.69) is 20.7 Å². The van der Waals surface area contributed by atoms with E-state index in [1.54, 1.807) is 38.1 Å². The maximum Gasteiger partial charge on any atom is 0.249 e. The summed E-state index contributed by atoms with van der Waals surface area (Å²) in [6, 6.07) is 5.44. The highest BCUT2D eigenvalue weighted by atomic mass is 32.2. The number of carbonyl (C=O) groups excluding carboxylic acids is 2. The lowest BCUT2D eigenvalue weighted by Gasteiger charge is -2.23. The van der Waals surface area contributed by atoms with Crippen LogP contribution in [0.2, 0.25) is 0 Å². The zero-order valence-electron chi connectivity index (χ0n) is 17.0. The lowest BCUT2D eigenvalue weighted by Crippen LogP contribution is -2.44. The first-order chi connectivity index (χ1) is 14.3. The number of anilines is 2. The molecule has 30 heavy (non-hydrogen) atoms. The SMILES string of the molecule is CCCS(=O)(=O)N1CCCC1C(=O)Nc1ccc(NC(=O)C(C)n2cncn2)cc1. The molecule has 2 unspecified atom stereocenters. The van der Waals surface area contributed by atoms with Crippen molar-refractivity contribution in [3.63, 3.8) is 0 Å². The van der Waals surface area contributed by atoms with Gasteiger partial charge in [0.2, 0.25) is 21.8 Å². The Labute approximate surface area is 175 Å². The first-order valence-electron chi connectivity index (χ1n) is 9.87. The molecule has 10 nitrogen and oxygen atoms in total. The van der Waals surface area contributed by atoms with Gasteiger partial charge < -0.3 is 10.6 Å². The lowest BCUT2D eigenvalue weighted by molar-refractivity contribution is -0.119. The molecule has 2 aromatic rings. The zero-order chi connectivity index (χ0) is 21.7. The van der Waals surface area contributed by atoms with E-state index in [-0.39, 0.29) is 17.6 Å². The summed E-state index contributed by atoms with van der Waals surface area (Å²) >= 11 is 0. The Kier molecular flexibility index (Phi) is 6.83. The molecule has 11 heteroatoms. The van der Waals surface area contributed by atoms with E-state index in [1.807, 2.05) is 0 Å². The largest absolute Gasteiger partial charge is 0.325 e. The summed E-state index contributed by atoms with van der Waals surface area (Å²) in [5, 5.41) is 9.50. The number of carbonyl (C=O) groups is 2. The van der Waals surface area contributed by atoms with E-state index in [0.29, 0.717) is 37.2 Å². The highest BCUT2D eigenvalue weighted by Gasteiger charge is 2.38. The summed E-state index contributed by atoms with van der Waals surface area (Å²) < 4.78 is 27.5. The van der Waals surface area contributed by atoms with Gasteiger partial charge in [-0.15, -0.1) is 0 Å². The lowest BCUT2D eigenvalue weighted by atomic mass is 10.2. The van der Waals surface area contributed by atoms with Crippen molar-refractivity contribution in [1.82, 2.24) is 19.1 Å². The summed E-state index contributed by atoms with van der Waals surface area (Å²) in [7, 11) is -3.43. The van der Waals surface area contributed by atoms with Crippen LogP contribution in [-0.4, -0.2) is 57.6 Å². The molecule has 2 heterocycles. The number of benzene rings is 1. The van der Waals surface area contributed by atoms with Crippen LogP contribution in [0.25, 0.3) is 0 Å². The molecule has 162 valence electrons. The number of nitrogens with one attached hydrogen (secondary N) is 2. The fourth-order valence-electron chi connectivity index (χ4n) is 3.36. The fraction of sp³-hybridized carbons (Fsp3) is 0.474. The zero-order valence-corrected chi connectivity index (χ0v) is 17.8. The summed E-state index contributed by atoms with van der Waals surface area (Å²) in [5.74, 6) is -0.554. The third kappa shape index (κ3) is 5.03. The molecule has 0 saturated carbocycles. The maximum absolute atomic E-state index is 12.7. The molecule has 1 aliphatic rings. The van der Waals surface area contributed by atoms with Gasteiger partial charge in [-0.05, 0) is 50.5 Å². The molecule has 0 spiro atoms. The first kappa shape index (κ1) is 21.9. The van der Waals surface area contributed by atoms with E-state index < -0.39 is 22.1 Å². The number of rotatable bonds is 8. The van der Waals surface area contributed by atoms with Crippen molar-refractivity contribution in [1.29, 1.82) is 0 Å². The van der Waals surface area contributed by atoms with Crippen LogP contribution >= 0.6 is 0 Å². The van der Waals surface area contributed by atoms with Crippen molar-refractivity contribution in [3.8, 4) is 0 Å².